The van der Waals surface area contributed by atoms with Crippen molar-refractivity contribution >= 4 is 23.0 Å². The Balaban J connectivity index is 1.81. The van der Waals surface area contributed by atoms with Crippen molar-refractivity contribution in [2.45, 2.75) is 64.8 Å². The molecule has 2 rings (SSSR count). The van der Waals surface area contributed by atoms with E-state index in [4.69, 9.17) is 12.2 Å². The smallest absolute Gasteiger partial charge is 0.187 e. The predicted octanol–water partition coefficient (Wildman–Crippen LogP) is 3.21. The van der Waals surface area contributed by atoms with Gasteiger partial charge < -0.3 is 5.32 Å². The summed E-state index contributed by atoms with van der Waals surface area (Å²) in [7, 11) is 0. The monoisotopic (exact) mass is 267 g/mol. The third-order valence-electron chi connectivity index (χ3n) is 4.10. The van der Waals surface area contributed by atoms with Crippen LogP contribution in [0.15, 0.2) is 5.10 Å². The lowest BCUT2D eigenvalue weighted by atomic mass is 9.70. The molecule has 2 aliphatic carbocycles. The summed E-state index contributed by atoms with van der Waals surface area (Å²) in [4.78, 5) is 0. The standard InChI is InChI=1S/C14H25N3S/c1-10(2)15-14(18)17-16-13-8-7-11-5-3-4-6-12(11)9-13/h10-12H,3-9H2,1-2H3,(H2,15,17,18)/b16-13-/t11-,12-/m1/s1. The summed E-state index contributed by atoms with van der Waals surface area (Å²) in [6, 6.07) is 0.360. The van der Waals surface area contributed by atoms with Crippen LogP contribution in [0.5, 0.6) is 0 Å². The fraction of sp³-hybridized carbons (Fsp3) is 0.857. The van der Waals surface area contributed by atoms with E-state index in [9.17, 15) is 0 Å². The van der Waals surface area contributed by atoms with Gasteiger partial charge >= 0.3 is 0 Å². The first kappa shape index (κ1) is 13.8. The second kappa shape index (κ2) is 6.50. The Hall–Kier alpha value is -0.640. The molecule has 0 aromatic carbocycles. The average Bonchev–Trinajstić information content (AvgIpc) is 2.35. The number of thiocarbonyl (C=S) groups is 1. The molecular weight excluding hydrogens is 242 g/mol. The molecule has 2 saturated carbocycles. The molecule has 0 bridgehead atoms. The number of hydrogen-bond acceptors (Lipinski definition) is 2. The van der Waals surface area contributed by atoms with Crippen LogP contribution in [-0.2, 0) is 0 Å². The maximum atomic E-state index is 5.18. The zero-order chi connectivity index (χ0) is 13.0. The van der Waals surface area contributed by atoms with Gasteiger partial charge in [-0.15, -0.1) is 0 Å². The Bertz CT molecular complexity index is 325. The maximum Gasteiger partial charge on any atom is 0.187 e. The summed E-state index contributed by atoms with van der Waals surface area (Å²) in [6.07, 6.45) is 9.36. The SMILES string of the molecule is CC(C)NC(=S)N/N=C1/CC[C@H]2CCCC[C@@H]2C1. The third-order valence-corrected chi connectivity index (χ3v) is 4.31. The van der Waals surface area contributed by atoms with Crippen molar-refractivity contribution in [3.8, 4) is 0 Å². The van der Waals surface area contributed by atoms with E-state index in [-0.39, 0.29) is 0 Å². The second-order valence-corrected chi connectivity index (χ2v) is 6.37. The molecule has 2 fully saturated rings. The number of nitrogens with one attached hydrogen (secondary N) is 2. The van der Waals surface area contributed by atoms with Gasteiger partial charge in [-0.05, 0) is 63.6 Å². The lowest BCUT2D eigenvalue weighted by Crippen LogP contribution is -2.37. The van der Waals surface area contributed by atoms with Gasteiger partial charge in [0.15, 0.2) is 5.11 Å². The summed E-state index contributed by atoms with van der Waals surface area (Å²) < 4.78 is 0. The first-order valence-corrected chi connectivity index (χ1v) is 7.68. The molecule has 3 nitrogen and oxygen atoms in total. The number of hydrazone groups is 1. The van der Waals surface area contributed by atoms with Gasteiger partial charge in [0, 0.05) is 11.8 Å². The lowest BCUT2D eigenvalue weighted by Gasteiger charge is -2.35. The van der Waals surface area contributed by atoms with Gasteiger partial charge in [0.2, 0.25) is 0 Å². The molecule has 0 aromatic rings. The first-order chi connectivity index (χ1) is 8.65. The fourth-order valence-corrected chi connectivity index (χ4v) is 3.50. The summed E-state index contributed by atoms with van der Waals surface area (Å²) >= 11 is 5.18. The van der Waals surface area contributed by atoms with E-state index in [0.29, 0.717) is 11.2 Å². The molecule has 0 saturated heterocycles. The topological polar surface area (TPSA) is 36.4 Å². The van der Waals surface area contributed by atoms with E-state index in [2.05, 4.69) is 29.7 Å². The fourth-order valence-electron chi connectivity index (χ4n) is 3.22. The van der Waals surface area contributed by atoms with Crippen LogP contribution in [0.25, 0.3) is 0 Å². The molecule has 18 heavy (non-hydrogen) atoms. The van der Waals surface area contributed by atoms with Crippen LogP contribution in [0.3, 0.4) is 0 Å². The highest BCUT2D eigenvalue weighted by Gasteiger charge is 2.30. The Morgan fingerprint density at radius 2 is 1.94 bits per heavy atom. The molecule has 0 aromatic heterocycles. The van der Waals surface area contributed by atoms with Gasteiger partial charge in [0.05, 0.1) is 0 Å². The first-order valence-electron chi connectivity index (χ1n) is 7.27. The Labute approximate surface area is 116 Å². The van der Waals surface area contributed by atoms with Crippen LogP contribution in [0.4, 0.5) is 0 Å². The predicted molar refractivity (Wildman–Crippen MR) is 80.7 cm³/mol. The Kier molecular flexibility index (Phi) is 4.98. The van der Waals surface area contributed by atoms with Crippen LogP contribution in [0.1, 0.15) is 58.8 Å². The van der Waals surface area contributed by atoms with Crippen LogP contribution >= 0.6 is 12.2 Å². The average molecular weight is 267 g/mol. The zero-order valence-electron chi connectivity index (χ0n) is 11.5. The quantitative estimate of drug-likeness (QED) is 0.596. The second-order valence-electron chi connectivity index (χ2n) is 5.97. The molecule has 0 unspecified atom stereocenters. The molecule has 2 atom stereocenters. The van der Waals surface area contributed by atoms with Crippen molar-refractivity contribution in [3.63, 3.8) is 0 Å². The van der Waals surface area contributed by atoms with Crippen molar-refractivity contribution in [2.75, 3.05) is 0 Å². The van der Waals surface area contributed by atoms with Crippen LogP contribution in [0.2, 0.25) is 0 Å². The summed E-state index contributed by atoms with van der Waals surface area (Å²) in [5.41, 5.74) is 4.30. The van der Waals surface area contributed by atoms with E-state index < -0.39 is 0 Å². The number of nitrogens with zero attached hydrogens (tertiary/aromatic N) is 1. The molecular formula is C14H25N3S. The maximum absolute atomic E-state index is 5.18. The summed E-state index contributed by atoms with van der Waals surface area (Å²) in [6.45, 7) is 4.16. The van der Waals surface area contributed by atoms with Crippen molar-refractivity contribution in [1.29, 1.82) is 0 Å². The number of fused-ring (bicyclic) bond motifs is 1. The van der Waals surface area contributed by atoms with E-state index >= 15 is 0 Å². The Morgan fingerprint density at radius 1 is 1.22 bits per heavy atom. The zero-order valence-corrected chi connectivity index (χ0v) is 12.4. The van der Waals surface area contributed by atoms with Gasteiger partial charge in [-0.25, -0.2) is 0 Å². The highest BCUT2D eigenvalue weighted by atomic mass is 32.1. The molecule has 0 heterocycles. The van der Waals surface area contributed by atoms with Gasteiger partial charge in [-0.2, -0.15) is 5.10 Å². The van der Waals surface area contributed by atoms with Gasteiger partial charge in [-0.3, -0.25) is 5.43 Å². The third kappa shape index (κ3) is 3.94. The Morgan fingerprint density at radius 3 is 2.67 bits per heavy atom. The van der Waals surface area contributed by atoms with E-state index in [0.717, 1.165) is 18.3 Å². The normalized spacial score (nSPS) is 30.1. The minimum absolute atomic E-state index is 0.360. The van der Waals surface area contributed by atoms with Crippen molar-refractivity contribution in [3.05, 3.63) is 0 Å². The highest BCUT2D eigenvalue weighted by Crippen LogP contribution is 2.39. The largest absolute Gasteiger partial charge is 0.359 e. The summed E-state index contributed by atoms with van der Waals surface area (Å²) in [5, 5.41) is 8.28. The van der Waals surface area contributed by atoms with Gasteiger partial charge in [0.25, 0.3) is 0 Å². The molecule has 2 aliphatic rings. The lowest BCUT2D eigenvalue weighted by molar-refractivity contribution is 0.218. The molecule has 2 N–H and O–H groups in total. The minimum Gasteiger partial charge on any atom is -0.359 e. The molecule has 0 radical (unpaired) electrons. The molecule has 0 amide bonds. The van der Waals surface area contributed by atoms with Crippen molar-refractivity contribution in [2.24, 2.45) is 16.9 Å². The minimum atomic E-state index is 0.360. The van der Waals surface area contributed by atoms with E-state index in [1.807, 2.05) is 0 Å². The van der Waals surface area contributed by atoms with Crippen LogP contribution in [0, 0.1) is 11.8 Å². The van der Waals surface area contributed by atoms with Crippen LogP contribution in [-0.4, -0.2) is 16.9 Å². The van der Waals surface area contributed by atoms with Crippen molar-refractivity contribution < 1.29 is 0 Å². The molecule has 0 aliphatic heterocycles. The van der Waals surface area contributed by atoms with Gasteiger partial charge in [-0.1, -0.05) is 19.3 Å². The molecule has 102 valence electrons. The van der Waals surface area contributed by atoms with Crippen LogP contribution < -0.4 is 10.7 Å². The van der Waals surface area contributed by atoms with Crippen molar-refractivity contribution in [1.82, 2.24) is 10.7 Å². The van der Waals surface area contributed by atoms with Gasteiger partial charge in [0.1, 0.15) is 0 Å². The molecule has 0 spiro atoms. The summed E-state index contributed by atoms with van der Waals surface area (Å²) in [5.74, 6) is 1.86. The van der Waals surface area contributed by atoms with E-state index in [1.165, 1.54) is 44.2 Å². The molecule has 4 heteroatoms. The number of rotatable bonds is 2. The number of hydrogen-bond donors (Lipinski definition) is 2. The van der Waals surface area contributed by atoms with E-state index in [1.54, 1.807) is 0 Å². The highest BCUT2D eigenvalue weighted by molar-refractivity contribution is 7.80.